The fourth-order valence-corrected chi connectivity index (χ4v) is 3.17. The molecule has 0 aliphatic carbocycles. The topological polar surface area (TPSA) is 44.5 Å². The Morgan fingerprint density at radius 1 is 1.37 bits per heavy atom. The Bertz CT molecular complexity index is 803. The predicted octanol–water partition coefficient (Wildman–Crippen LogP) is 3.87. The van der Waals surface area contributed by atoms with Crippen molar-refractivity contribution in [3.05, 3.63) is 50.9 Å². The van der Waals surface area contributed by atoms with Gasteiger partial charge in [0.1, 0.15) is 6.07 Å². The van der Waals surface area contributed by atoms with Gasteiger partial charge in [0, 0.05) is 6.54 Å². The van der Waals surface area contributed by atoms with Crippen molar-refractivity contribution in [2.75, 3.05) is 0 Å². The van der Waals surface area contributed by atoms with Gasteiger partial charge in [0.15, 0.2) is 4.77 Å². The molecule has 0 fully saturated rings. The summed E-state index contributed by atoms with van der Waals surface area (Å²) in [6.45, 7) is 0.824. The average Bonchev–Trinajstić information content (AvgIpc) is 3.03. The third-order valence-electron chi connectivity index (χ3n) is 3.13. The molecular formula is C14H11N3S2. The first-order valence-electron chi connectivity index (χ1n) is 5.92. The monoisotopic (exact) mass is 285 g/mol. The van der Waals surface area contributed by atoms with Crippen molar-refractivity contribution in [3.63, 3.8) is 0 Å². The summed E-state index contributed by atoms with van der Waals surface area (Å²) < 4.78 is 2.73. The lowest BCUT2D eigenvalue weighted by atomic mass is 10.2. The van der Waals surface area contributed by atoms with Crippen LogP contribution in [0.15, 0.2) is 35.0 Å². The Balaban J connectivity index is 2.02. The van der Waals surface area contributed by atoms with Crippen LogP contribution in [0.5, 0.6) is 0 Å². The van der Waals surface area contributed by atoms with Crippen molar-refractivity contribution in [2.45, 2.75) is 13.0 Å². The number of hydrogen-bond donors (Lipinski definition) is 1. The van der Waals surface area contributed by atoms with Gasteiger partial charge in [0.25, 0.3) is 0 Å². The lowest BCUT2D eigenvalue weighted by molar-refractivity contribution is 0.708. The molecule has 0 saturated heterocycles. The largest absolute Gasteiger partial charge is 0.329 e. The number of fused-ring (bicyclic) bond motifs is 1. The molecule has 0 unspecified atom stereocenters. The maximum absolute atomic E-state index is 9.10. The lowest BCUT2D eigenvalue weighted by Gasteiger charge is -2.03. The number of hydrogen-bond acceptors (Lipinski definition) is 3. The average molecular weight is 285 g/mol. The number of rotatable bonds is 3. The smallest absolute Gasteiger partial charge is 0.178 e. The maximum atomic E-state index is 9.10. The van der Waals surface area contributed by atoms with E-state index < -0.39 is 0 Å². The van der Waals surface area contributed by atoms with Gasteiger partial charge >= 0.3 is 0 Å². The Morgan fingerprint density at radius 2 is 2.26 bits per heavy atom. The van der Waals surface area contributed by atoms with Crippen LogP contribution in [0.4, 0.5) is 0 Å². The summed E-state index contributed by atoms with van der Waals surface area (Å²) in [6, 6.07) is 10.0. The van der Waals surface area contributed by atoms with E-state index >= 15 is 0 Å². The van der Waals surface area contributed by atoms with Gasteiger partial charge in [-0.15, -0.1) is 0 Å². The van der Waals surface area contributed by atoms with Crippen LogP contribution in [0, 0.1) is 16.1 Å². The molecule has 3 nitrogen and oxygen atoms in total. The van der Waals surface area contributed by atoms with E-state index in [2.05, 4.69) is 32.4 Å². The second-order valence-corrected chi connectivity index (χ2v) is 5.44. The van der Waals surface area contributed by atoms with Crippen molar-refractivity contribution in [1.82, 2.24) is 9.55 Å². The predicted molar refractivity (Wildman–Crippen MR) is 79.9 cm³/mol. The number of nitriles is 1. The molecule has 19 heavy (non-hydrogen) atoms. The molecular weight excluding hydrogens is 274 g/mol. The lowest BCUT2D eigenvalue weighted by Crippen LogP contribution is -2.00. The molecule has 1 N–H and O–H groups in total. The third kappa shape index (κ3) is 2.21. The third-order valence-corrected chi connectivity index (χ3v) is 4.19. The van der Waals surface area contributed by atoms with Gasteiger partial charge in [0.05, 0.1) is 16.6 Å². The number of aromatic amines is 1. The molecule has 1 aromatic carbocycles. The molecule has 3 rings (SSSR count). The summed E-state index contributed by atoms with van der Waals surface area (Å²) in [6.07, 6.45) is 0.946. The fourth-order valence-electron chi connectivity index (χ4n) is 2.17. The zero-order chi connectivity index (χ0) is 13.2. The summed E-state index contributed by atoms with van der Waals surface area (Å²) >= 11 is 7.06. The number of imidazole rings is 1. The molecule has 5 heteroatoms. The Hall–Kier alpha value is -1.90. The Labute approximate surface area is 119 Å². The van der Waals surface area contributed by atoms with Crippen molar-refractivity contribution in [2.24, 2.45) is 0 Å². The molecule has 2 aromatic heterocycles. The molecule has 0 bridgehead atoms. The molecule has 0 aliphatic heterocycles. The molecule has 0 radical (unpaired) electrons. The van der Waals surface area contributed by atoms with E-state index in [0.29, 0.717) is 10.3 Å². The number of H-pyrrole nitrogens is 1. The highest BCUT2D eigenvalue weighted by Gasteiger charge is 2.08. The number of thiophene rings is 1. The van der Waals surface area contributed by atoms with Gasteiger partial charge in [-0.05, 0) is 53.2 Å². The van der Waals surface area contributed by atoms with Crippen LogP contribution < -0.4 is 0 Å². The van der Waals surface area contributed by atoms with Crippen molar-refractivity contribution < 1.29 is 0 Å². The van der Waals surface area contributed by atoms with Crippen LogP contribution in [-0.4, -0.2) is 9.55 Å². The minimum absolute atomic E-state index is 0.637. The second-order valence-electron chi connectivity index (χ2n) is 4.27. The van der Waals surface area contributed by atoms with Crippen LogP contribution in [-0.2, 0) is 13.0 Å². The summed E-state index contributed by atoms with van der Waals surface area (Å²) in [5.74, 6) is 0. The minimum Gasteiger partial charge on any atom is -0.329 e. The van der Waals surface area contributed by atoms with Crippen molar-refractivity contribution in [1.29, 1.82) is 5.26 Å². The van der Waals surface area contributed by atoms with Crippen molar-refractivity contribution in [3.8, 4) is 6.07 Å². The van der Waals surface area contributed by atoms with E-state index in [1.165, 1.54) is 5.56 Å². The zero-order valence-corrected chi connectivity index (χ0v) is 11.7. The highest BCUT2D eigenvalue weighted by Crippen LogP contribution is 2.19. The molecule has 0 aliphatic rings. The van der Waals surface area contributed by atoms with E-state index in [9.17, 15) is 0 Å². The summed E-state index contributed by atoms with van der Waals surface area (Å²) in [7, 11) is 0. The molecule has 0 atom stereocenters. The quantitative estimate of drug-likeness (QED) is 0.742. The first kappa shape index (κ1) is 12.2. The van der Waals surface area contributed by atoms with Gasteiger partial charge in [0.2, 0.25) is 0 Å². The van der Waals surface area contributed by atoms with E-state index in [1.807, 2.05) is 12.1 Å². The Morgan fingerprint density at radius 3 is 3.00 bits per heavy atom. The SMILES string of the molecule is N#Cc1cccc2c1[nH]c(=S)n2CCc1ccsc1. The van der Waals surface area contributed by atoms with Crippen LogP contribution in [0.1, 0.15) is 11.1 Å². The zero-order valence-electron chi connectivity index (χ0n) is 10.1. The van der Waals surface area contributed by atoms with Gasteiger partial charge in [-0.2, -0.15) is 16.6 Å². The van der Waals surface area contributed by atoms with Gasteiger partial charge in [-0.1, -0.05) is 6.07 Å². The molecule has 3 aromatic rings. The molecule has 0 saturated carbocycles. The van der Waals surface area contributed by atoms with Crippen LogP contribution >= 0.6 is 23.6 Å². The number of aromatic nitrogens is 2. The van der Waals surface area contributed by atoms with E-state index in [0.717, 1.165) is 24.0 Å². The van der Waals surface area contributed by atoms with Crippen molar-refractivity contribution >= 4 is 34.6 Å². The van der Waals surface area contributed by atoms with E-state index in [1.54, 1.807) is 17.4 Å². The van der Waals surface area contributed by atoms with Gasteiger partial charge in [-0.3, -0.25) is 0 Å². The highest BCUT2D eigenvalue weighted by molar-refractivity contribution is 7.71. The number of para-hydroxylation sites is 1. The summed E-state index contributed by atoms with van der Waals surface area (Å²) in [4.78, 5) is 3.13. The Kier molecular flexibility index (Phi) is 3.20. The van der Waals surface area contributed by atoms with Crippen LogP contribution in [0.3, 0.4) is 0 Å². The van der Waals surface area contributed by atoms with E-state index in [-0.39, 0.29) is 0 Å². The minimum atomic E-state index is 0.637. The highest BCUT2D eigenvalue weighted by atomic mass is 32.1. The van der Waals surface area contributed by atoms with Crippen LogP contribution in [0.25, 0.3) is 11.0 Å². The summed E-state index contributed by atoms with van der Waals surface area (Å²) in [5.41, 5.74) is 3.79. The van der Waals surface area contributed by atoms with Crippen LogP contribution in [0.2, 0.25) is 0 Å². The normalized spacial score (nSPS) is 10.7. The van der Waals surface area contributed by atoms with Gasteiger partial charge < -0.3 is 9.55 Å². The summed E-state index contributed by atoms with van der Waals surface area (Å²) in [5, 5.41) is 13.3. The molecule has 2 heterocycles. The number of nitrogens with zero attached hydrogens (tertiary/aromatic N) is 2. The molecule has 0 spiro atoms. The maximum Gasteiger partial charge on any atom is 0.178 e. The van der Waals surface area contributed by atoms with E-state index in [4.69, 9.17) is 17.5 Å². The number of nitrogens with one attached hydrogen (secondary N) is 1. The fraction of sp³-hybridized carbons (Fsp3) is 0.143. The second kappa shape index (κ2) is 5.00. The molecule has 0 amide bonds. The number of aryl methyl sites for hydroxylation is 2. The standard InChI is InChI=1S/C14H11N3S2/c15-8-11-2-1-3-12-13(11)16-14(18)17(12)6-4-10-5-7-19-9-10/h1-3,5,7,9H,4,6H2,(H,16,18). The van der Waals surface area contributed by atoms with Gasteiger partial charge in [-0.25, -0.2) is 0 Å². The number of benzene rings is 1. The first-order valence-corrected chi connectivity index (χ1v) is 7.27. The first-order chi connectivity index (χ1) is 9.29. The molecule has 94 valence electrons.